The first-order chi connectivity index (χ1) is 20.6. The van der Waals surface area contributed by atoms with Crippen LogP contribution in [0.4, 0.5) is 0 Å². The monoisotopic (exact) mass is 582 g/mol. The summed E-state index contributed by atoms with van der Waals surface area (Å²) in [4.78, 5) is 23.0. The zero-order valence-corrected chi connectivity index (χ0v) is 27.0. The van der Waals surface area contributed by atoms with Gasteiger partial charge in [0.1, 0.15) is 6.10 Å². The molecule has 0 aromatic rings. The maximum Gasteiger partial charge on any atom is 0.306 e. The van der Waals surface area contributed by atoms with Crippen molar-refractivity contribution in [2.45, 2.75) is 155 Å². The maximum atomic E-state index is 12.4. The lowest BCUT2D eigenvalue weighted by Gasteiger charge is -2.11. The van der Waals surface area contributed by atoms with Gasteiger partial charge in [0.15, 0.2) is 0 Å². The molecule has 0 aliphatic carbocycles. The fourth-order valence-electron chi connectivity index (χ4n) is 4.38. The average molecular weight is 583 g/mol. The van der Waals surface area contributed by atoms with Gasteiger partial charge in [0.05, 0.1) is 0 Å². The van der Waals surface area contributed by atoms with Gasteiger partial charge in [0.25, 0.3) is 0 Å². The quantitative estimate of drug-likeness (QED) is 0.0541. The first-order valence-corrected chi connectivity index (χ1v) is 16.9. The van der Waals surface area contributed by atoms with Crippen LogP contribution in [0.1, 0.15) is 149 Å². The summed E-state index contributed by atoms with van der Waals surface area (Å²) in [6.07, 6.45) is 46.7. The van der Waals surface area contributed by atoms with Crippen molar-refractivity contribution in [2.75, 3.05) is 0 Å². The molecule has 4 nitrogen and oxygen atoms in total. The molecule has 0 saturated heterocycles. The molecule has 238 valence electrons. The summed E-state index contributed by atoms with van der Waals surface area (Å²) in [5.74, 6) is -0.874. The van der Waals surface area contributed by atoms with Crippen molar-refractivity contribution >= 4 is 11.9 Å². The number of carboxylic acids is 1. The SMILES string of the molecule is CC/C=C\C/C=C\C(/C=C\CCCCCC(=O)O)OC(=O)CCCCCCCC/C=C\C/C=C\C/C=C\CCCCC. The molecular formula is C38H62O4. The second-order valence-corrected chi connectivity index (χ2v) is 11.0. The van der Waals surface area contributed by atoms with Crippen molar-refractivity contribution in [3.63, 3.8) is 0 Å². The average Bonchev–Trinajstić information content (AvgIpc) is 2.97. The van der Waals surface area contributed by atoms with Crippen LogP contribution >= 0.6 is 0 Å². The Kier molecular flexibility index (Phi) is 30.8. The third-order valence-electron chi connectivity index (χ3n) is 6.88. The topological polar surface area (TPSA) is 63.6 Å². The molecular weight excluding hydrogens is 520 g/mol. The Morgan fingerprint density at radius 3 is 1.67 bits per heavy atom. The molecule has 0 aliphatic heterocycles. The van der Waals surface area contributed by atoms with Crippen LogP contribution in [0.3, 0.4) is 0 Å². The molecule has 0 bridgehead atoms. The first-order valence-electron chi connectivity index (χ1n) is 16.9. The Morgan fingerprint density at radius 2 is 1.02 bits per heavy atom. The number of carboxylic acid groups (broad SMARTS) is 1. The normalized spacial score (nSPS) is 13.2. The number of hydrogen-bond donors (Lipinski definition) is 1. The zero-order valence-electron chi connectivity index (χ0n) is 27.0. The third-order valence-corrected chi connectivity index (χ3v) is 6.88. The third kappa shape index (κ3) is 31.9. The Morgan fingerprint density at radius 1 is 0.548 bits per heavy atom. The van der Waals surface area contributed by atoms with E-state index in [0.29, 0.717) is 12.8 Å². The number of aliphatic carboxylic acids is 1. The lowest BCUT2D eigenvalue weighted by molar-refractivity contribution is -0.145. The summed E-state index contributed by atoms with van der Waals surface area (Å²) in [6, 6.07) is 0. The van der Waals surface area contributed by atoms with E-state index in [2.05, 4.69) is 62.5 Å². The highest BCUT2D eigenvalue weighted by Crippen LogP contribution is 2.12. The smallest absolute Gasteiger partial charge is 0.306 e. The summed E-state index contributed by atoms with van der Waals surface area (Å²) in [7, 11) is 0. The minimum absolute atomic E-state index is 0.137. The van der Waals surface area contributed by atoms with Gasteiger partial charge >= 0.3 is 11.9 Å². The van der Waals surface area contributed by atoms with Crippen molar-refractivity contribution in [1.82, 2.24) is 0 Å². The molecule has 42 heavy (non-hydrogen) atoms. The van der Waals surface area contributed by atoms with Crippen LogP contribution in [-0.4, -0.2) is 23.1 Å². The number of unbranched alkanes of at least 4 members (excludes halogenated alkanes) is 12. The molecule has 0 saturated carbocycles. The molecule has 0 aliphatic rings. The van der Waals surface area contributed by atoms with Gasteiger partial charge in [-0.1, -0.05) is 120 Å². The minimum Gasteiger partial charge on any atom is -0.481 e. The van der Waals surface area contributed by atoms with Crippen LogP contribution in [0.15, 0.2) is 72.9 Å². The van der Waals surface area contributed by atoms with Gasteiger partial charge in [-0.15, -0.1) is 0 Å². The van der Waals surface area contributed by atoms with E-state index >= 15 is 0 Å². The largest absolute Gasteiger partial charge is 0.481 e. The number of carbonyl (C=O) groups is 2. The van der Waals surface area contributed by atoms with Gasteiger partial charge in [-0.3, -0.25) is 9.59 Å². The molecule has 0 aromatic carbocycles. The van der Waals surface area contributed by atoms with Crippen molar-refractivity contribution < 1.29 is 19.4 Å². The molecule has 1 atom stereocenters. The fraction of sp³-hybridized carbons (Fsp3) is 0.632. The molecule has 1 N–H and O–H groups in total. The van der Waals surface area contributed by atoms with E-state index in [4.69, 9.17) is 9.84 Å². The summed E-state index contributed by atoms with van der Waals surface area (Å²) >= 11 is 0. The molecule has 0 amide bonds. The van der Waals surface area contributed by atoms with Crippen LogP contribution in [0, 0.1) is 0 Å². The lowest BCUT2D eigenvalue weighted by Crippen LogP contribution is -2.13. The summed E-state index contributed by atoms with van der Waals surface area (Å²) in [6.45, 7) is 4.35. The standard InChI is InChI=1S/C38H62O4/c1-3-5-7-9-10-11-12-13-14-15-16-17-18-19-20-21-22-27-31-35-38(41)42-36(32-28-24-8-6-4-2)33-29-25-23-26-30-34-37(39)40/h6,8,10-11,13-14,16-17,28-29,32-33,36H,3-5,7,9,12,15,18-27,30-31,34-35H2,1-2H3,(H,39,40)/b8-6-,11-10-,14-13-,17-16-,32-28-,33-29-. The molecule has 0 rings (SSSR count). The Hall–Kier alpha value is -2.62. The van der Waals surface area contributed by atoms with Gasteiger partial charge in [-0.2, -0.15) is 0 Å². The van der Waals surface area contributed by atoms with Gasteiger partial charge in [-0.25, -0.2) is 0 Å². The number of rotatable bonds is 29. The number of ether oxygens (including phenoxy) is 1. The molecule has 0 spiro atoms. The van der Waals surface area contributed by atoms with Crippen LogP contribution in [0.5, 0.6) is 0 Å². The van der Waals surface area contributed by atoms with Crippen molar-refractivity contribution in [3.8, 4) is 0 Å². The van der Waals surface area contributed by atoms with Crippen LogP contribution in [-0.2, 0) is 14.3 Å². The van der Waals surface area contributed by atoms with E-state index in [1.807, 2.05) is 24.3 Å². The summed E-state index contributed by atoms with van der Waals surface area (Å²) in [5, 5.41) is 8.73. The zero-order chi connectivity index (χ0) is 30.8. The number of allylic oxidation sites excluding steroid dienone is 10. The van der Waals surface area contributed by atoms with Crippen molar-refractivity contribution in [3.05, 3.63) is 72.9 Å². The summed E-state index contributed by atoms with van der Waals surface area (Å²) in [5.41, 5.74) is 0. The molecule has 0 radical (unpaired) electrons. The highest BCUT2D eigenvalue weighted by atomic mass is 16.5. The fourth-order valence-corrected chi connectivity index (χ4v) is 4.38. The van der Waals surface area contributed by atoms with Gasteiger partial charge < -0.3 is 9.84 Å². The van der Waals surface area contributed by atoms with E-state index < -0.39 is 5.97 Å². The van der Waals surface area contributed by atoms with E-state index in [-0.39, 0.29) is 18.5 Å². The molecule has 0 aromatic heterocycles. The first kappa shape index (κ1) is 39.4. The van der Waals surface area contributed by atoms with E-state index in [0.717, 1.165) is 64.2 Å². The highest BCUT2D eigenvalue weighted by molar-refractivity contribution is 5.69. The van der Waals surface area contributed by atoms with Crippen molar-refractivity contribution in [2.24, 2.45) is 0 Å². The van der Waals surface area contributed by atoms with E-state index in [1.54, 1.807) is 0 Å². The van der Waals surface area contributed by atoms with Crippen molar-refractivity contribution in [1.29, 1.82) is 0 Å². The number of esters is 1. The number of carbonyl (C=O) groups excluding carboxylic acids is 1. The van der Waals surface area contributed by atoms with E-state index in [1.165, 1.54) is 51.4 Å². The Labute approximate surface area is 258 Å². The molecule has 4 heteroatoms. The highest BCUT2D eigenvalue weighted by Gasteiger charge is 2.08. The maximum absolute atomic E-state index is 12.4. The molecule has 1 unspecified atom stereocenters. The predicted molar refractivity (Wildman–Crippen MR) is 181 cm³/mol. The second-order valence-electron chi connectivity index (χ2n) is 11.0. The van der Waals surface area contributed by atoms with Crippen LogP contribution in [0.25, 0.3) is 0 Å². The predicted octanol–water partition coefficient (Wildman–Crippen LogP) is 11.6. The second kappa shape index (κ2) is 32.9. The van der Waals surface area contributed by atoms with Crippen LogP contribution in [0.2, 0.25) is 0 Å². The van der Waals surface area contributed by atoms with Gasteiger partial charge in [0.2, 0.25) is 0 Å². The molecule has 0 heterocycles. The minimum atomic E-state index is -0.737. The van der Waals surface area contributed by atoms with Gasteiger partial charge in [0, 0.05) is 12.8 Å². The summed E-state index contributed by atoms with van der Waals surface area (Å²) < 4.78 is 5.72. The van der Waals surface area contributed by atoms with Crippen LogP contribution < -0.4 is 0 Å². The Balaban J connectivity index is 3.99. The lowest BCUT2D eigenvalue weighted by atomic mass is 10.1. The molecule has 0 fully saturated rings. The number of hydrogen-bond acceptors (Lipinski definition) is 3. The Bertz CT molecular complexity index is 800. The van der Waals surface area contributed by atoms with Gasteiger partial charge in [-0.05, 0) is 89.2 Å². The van der Waals surface area contributed by atoms with E-state index in [9.17, 15) is 9.59 Å².